The molecule has 0 unspecified atom stereocenters. The summed E-state index contributed by atoms with van der Waals surface area (Å²) >= 11 is 1.68. The minimum absolute atomic E-state index is 0.604. The zero-order valence-corrected chi connectivity index (χ0v) is 17.9. The summed E-state index contributed by atoms with van der Waals surface area (Å²) in [4.78, 5) is 18.4. The number of rotatable bonds is 9. The average Bonchev–Trinajstić information content (AvgIpc) is 3.24. The van der Waals surface area contributed by atoms with Crippen LogP contribution in [-0.2, 0) is 9.47 Å². The molecular weight excluding hydrogens is 396 g/mol. The van der Waals surface area contributed by atoms with Crippen LogP contribution in [0.5, 0.6) is 0 Å². The van der Waals surface area contributed by atoms with Gasteiger partial charge in [0.2, 0.25) is 0 Å². The highest BCUT2D eigenvalue weighted by Crippen LogP contribution is 2.37. The topological polar surface area (TPSA) is 60.4 Å². The van der Waals surface area contributed by atoms with E-state index in [1.165, 1.54) is 10.4 Å². The molecule has 0 amide bonds. The van der Waals surface area contributed by atoms with Gasteiger partial charge in [-0.05, 0) is 23.8 Å². The summed E-state index contributed by atoms with van der Waals surface area (Å²) in [7, 11) is 3.42. The maximum atomic E-state index is 5.34. The fourth-order valence-corrected chi connectivity index (χ4v) is 4.27. The van der Waals surface area contributed by atoms with E-state index < -0.39 is 0 Å². The van der Waals surface area contributed by atoms with Crippen LogP contribution >= 0.6 is 11.3 Å². The monoisotopic (exact) mass is 420 g/mol. The normalized spacial score (nSPS) is 11.1. The number of anilines is 1. The van der Waals surface area contributed by atoms with Crippen molar-refractivity contribution in [2.24, 2.45) is 0 Å². The molecule has 6 nitrogen and oxygen atoms in total. The molecule has 1 aromatic carbocycles. The number of aromatic nitrogens is 3. The molecule has 0 radical (unpaired) electrons. The van der Waals surface area contributed by atoms with Crippen LogP contribution in [0.4, 0.5) is 5.82 Å². The van der Waals surface area contributed by atoms with Gasteiger partial charge >= 0.3 is 0 Å². The SMILES string of the molecule is COCCN(CCOC)c1nc(-c2cccnc2)nc2sc(-c3ccccc3)cc12. The largest absolute Gasteiger partial charge is 0.383 e. The van der Waals surface area contributed by atoms with Gasteiger partial charge in [0.05, 0.1) is 18.6 Å². The molecule has 3 aromatic heterocycles. The smallest absolute Gasteiger partial charge is 0.164 e. The predicted octanol–water partition coefficient (Wildman–Crippen LogP) is 4.52. The van der Waals surface area contributed by atoms with Gasteiger partial charge < -0.3 is 14.4 Å². The van der Waals surface area contributed by atoms with Crippen molar-refractivity contribution in [3.63, 3.8) is 0 Å². The van der Waals surface area contributed by atoms with Gasteiger partial charge in [0.1, 0.15) is 10.6 Å². The molecule has 4 rings (SSSR count). The number of ether oxygens (including phenoxy) is 2. The summed E-state index contributed by atoms with van der Waals surface area (Å²) in [6, 6.07) is 16.4. The third-order valence-electron chi connectivity index (χ3n) is 4.78. The zero-order valence-electron chi connectivity index (χ0n) is 17.1. The van der Waals surface area contributed by atoms with Crippen LogP contribution < -0.4 is 4.90 Å². The Labute approximate surface area is 180 Å². The maximum absolute atomic E-state index is 5.34. The van der Waals surface area contributed by atoms with Gasteiger partial charge in [-0.25, -0.2) is 9.97 Å². The Balaban J connectivity index is 1.86. The summed E-state index contributed by atoms with van der Waals surface area (Å²) < 4.78 is 10.7. The molecule has 7 heteroatoms. The molecule has 0 spiro atoms. The Morgan fingerprint density at radius 2 is 1.63 bits per heavy atom. The van der Waals surface area contributed by atoms with Crippen LogP contribution in [0.1, 0.15) is 0 Å². The maximum Gasteiger partial charge on any atom is 0.164 e. The Kier molecular flexibility index (Phi) is 6.63. The van der Waals surface area contributed by atoms with Gasteiger partial charge in [-0.3, -0.25) is 4.98 Å². The lowest BCUT2D eigenvalue weighted by Gasteiger charge is -2.24. The summed E-state index contributed by atoms with van der Waals surface area (Å²) in [5.41, 5.74) is 2.07. The molecule has 3 heterocycles. The van der Waals surface area contributed by atoms with Crippen molar-refractivity contribution in [1.29, 1.82) is 0 Å². The molecule has 0 N–H and O–H groups in total. The molecule has 0 saturated heterocycles. The second-order valence-corrected chi connectivity index (χ2v) is 7.81. The summed E-state index contributed by atoms with van der Waals surface area (Å²) in [5, 5.41) is 1.04. The van der Waals surface area contributed by atoms with Crippen LogP contribution in [0.3, 0.4) is 0 Å². The van der Waals surface area contributed by atoms with Crippen LogP contribution in [0.2, 0.25) is 0 Å². The number of hydrogen-bond acceptors (Lipinski definition) is 7. The van der Waals surface area contributed by atoms with Crippen molar-refractivity contribution in [1.82, 2.24) is 15.0 Å². The summed E-state index contributed by atoms with van der Waals surface area (Å²) in [6.07, 6.45) is 3.55. The van der Waals surface area contributed by atoms with Crippen LogP contribution in [0.25, 0.3) is 32.0 Å². The average molecular weight is 421 g/mol. The molecular formula is C23H24N4O2S. The lowest BCUT2D eigenvalue weighted by molar-refractivity contribution is 0.190. The van der Waals surface area contributed by atoms with E-state index in [0.717, 1.165) is 34.7 Å². The van der Waals surface area contributed by atoms with Crippen molar-refractivity contribution in [3.8, 4) is 21.8 Å². The second kappa shape index (κ2) is 9.75. The first kappa shape index (κ1) is 20.4. The molecule has 0 atom stereocenters. The number of hydrogen-bond donors (Lipinski definition) is 0. The van der Waals surface area contributed by atoms with E-state index in [9.17, 15) is 0 Å². The minimum atomic E-state index is 0.604. The summed E-state index contributed by atoms with van der Waals surface area (Å²) in [5.74, 6) is 1.57. The first-order valence-electron chi connectivity index (χ1n) is 9.80. The van der Waals surface area contributed by atoms with Crippen molar-refractivity contribution >= 4 is 27.4 Å². The fraction of sp³-hybridized carbons (Fsp3) is 0.261. The third-order valence-corrected chi connectivity index (χ3v) is 5.86. The molecule has 30 heavy (non-hydrogen) atoms. The number of nitrogens with zero attached hydrogens (tertiary/aromatic N) is 4. The number of methoxy groups -OCH3 is 2. The quantitative estimate of drug-likeness (QED) is 0.397. The number of pyridine rings is 1. The highest BCUT2D eigenvalue weighted by molar-refractivity contribution is 7.22. The predicted molar refractivity (Wildman–Crippen MR) is 122 cm³/mol. The van der Waals surface area contributed by atoms with E-state index in [-0.39, 0.29) is 0 Å². The van der Waals surface area contributed by atoms with E-state index in [1.54, 1.807) is 38.0 Å². The zero-order chi connectivity index (χ0) is 20.8. The Bertz CT molecular complexity index is 1080. The Morgan fingerprint density at radius 3 is 2.30 bits per heavy atom. The molecule has 4 aromatic rings. The molecule has 0 saturated carbocycles. The molecule has 0 aliphatic rings. The highest BCUT2D eigenvalue weighted by Gasteiger charge is 2.18. The van der Waals surface area contributed by atoms with E-state index in [0.29, 0.717) is 19.0 Å². The van der Waals surface area contributed by atoms with Gasteiger partial charge in [0, 0.05) is 50.1 Å². The van der Waals surface area contributed by atoms with Gasteiger partial charge in [0.15, 0.2) is 5.82 Å². The first-order chi connectivity index (χ1) is 14.8. The fourth-order valence-electron chi connectivity index (χ4n) is 3.24. The van der Waals surface area contributed by atoms with Gasteiger partial charge in [0.25, 0.3) is 0 Å². The van der Waals surface area contributed by atoms with Crippen molar-refractivity contribution < 1.29 is 9.47 Å². The van der Waals surface area contributed by atoms with Crippen LogP contribution in [0.15, 0.2) is 60.9 Å². The lowest BCUT2D eigenvalue weighted by atomic mass is 10.2. The van der Waals surface area contributed by atoms with Crippen LogP contribution in [0, 0.1) is 0 Å². The number of benzene rings is 1. The van der Waals surface area contributed by atoms with E-state index >= 15 is 0 Å². The number of fused-ring (bicyclic) bond motifs is 1. The van der Waals surface area contributed by atoms with E-state index in [2.05, 4.69) is 40.2 Å². The Hall–Kier alpha value is -2.87. The second-order valence-electron chi connectivity index (χ2n) is 6.78. The van der Waals surface area contributed by atoms with Gasteiger partial charge in [-0.15, -0.1) is 11.3 Å². The van der Waals surface area contributed by atoms with Crippen molar-refractivity contribution in [2.45, 2.75) is 0 Å². The molecule has 0 bridgehead atoms. The number of thiophene rings is 1. The van der Waals surface area contributed by atoms with Crippen LogP contribution in [-0.4, -0.2) is 55.5 Å². The van der Waals surface area contributed by atoms with Crippen molar-refractivity contribution in [2.75, 3.05) is 45.4 Å². The van der Waals surface area contributed by atoms with E-state index in [1.807, 2.05) is 18.2 Å². The minimum Gasteiger partial charge on any atom is -0.383 e. The highest BCUT2D eigenvalue weighted by atomic mass is 32.1. The van der Waals surface area contributed by atoms with Gasteiger partial charge in [-0.2, -0.15) is 0 Å². The lowest BCUT2D eigenvalue weighted by Crippen LogP contribution is -2.31. The van der Waals surface area contributed by atoms with E-state index in [4.69, 9.17) is 19.4 Å². The third kappa shape index (κ3) is 4.48. The first-order valence-corrected chi connectivity index (χ1v) is 10.6. The molecule has 0 aliphatic heterocycles. The van der Waals surface area contributed by atoms with Gasteiger partial charge in [-0.1, -0.05) is 30.3 Å². The molecule has 0 aliphatic carbocycles. The Morgan fingerprint density at radius 1 is 0.900 bits per heavy atom. The standard InChI is InChI=1S/C23H24N4O2S/c1-28-13-11-27(12-14-29-2)22-19-15-20(17-7-4-3-5-8-17)30-23(19)26-21(25-22)18-9-6-10-24-16-18/h3-10,15-16H,11-14H2,1-2H3. The summed E-state index contributed by atoms with van der Waals surface area (Å²) in [6.45, 7) is 2.64. The van der Waals surface area contributed by atoms with Crippen molar-refractivity contribution in [3.05, 3.63) is 60.9 Å². The molecule has 154 valence electrons. The molecule has 0 fully saturated rings.